The third kappa shape index (κ3) is 3.51. The van der Waals surface area contributed by atoms with E-state index in [1.54, 1.807) is 24.4 Å². The van der Waals surface area contributed by atoms with Crippen LogP contribution in [0.4, 0.5) is 11.4 Å². The average molecular weight is 369 g/mol. The molecule has 0 bridgehead atoms. The van der Waals surface area contributed by atoms with Gasteiger partial charge in [-0.15, -0.1) is 0 Å². The van der Waals surface area contributed by atoms with E-state index in [0.29, 0.717) is 11.2 Å². The quantitative estimate of drug-likeness (QED) is 0.708. The Morgan fingerprint density at radius 1 is 1.04 bits per heavy atom. The maximum absolute atomic E-state index is 12.9. The number of nitrogens with zero attached hydrogens (tertiary/aromatic N) is 2. The Morgan fingerprint density at radius 2 is 1.77 bits per heavy atom. The maximum Gasteiger partial charge on any atom is 0.264 e. The third-order valence-electron chi connectivity index (χ3n) is 4.47. The number of aryl methyl sites for hydroxylation is 1. The van der Waals surface area contributed by atoms with Crippen molar-refractivity contribution in [1.29, 1.82) is 0 Å². The average Bonchev–Trinajstić information content (AvgIpc) is 2.64. The normalized spacial score (nSPS) is 11.5. The highest BCUT2D eigenvalue weighted by molar-refractivity contribution is 7.93. The molecule has 0 unspecified atom stereocenters. The number of pyridine rings is 1. The van der Waals surface area contributed by atoms with Crippen molar-refractivity contribution in [2.24, 2.45) is 0 Å². The van der Waals surface area contributed by atoms with Crippen molar-refractivity contribution in [2.75, 3.05) is 22.7 Å². The van der Waals surface area contributed by atoms with Crippen LogP contribution in [0, 0.1) is 6.92 Å². The Bertz CT molecular complexity index is 1020. The first kappa shape index (κ1) is 18.2. The van der Waals surface area contributed by atoms with Crippen LogP contribution >= 0.6 is 0 Å². The van der Waals surface area contributed by atoms with Crippen LogP contribution in [0.15, 0.2) is 59.6 Å². The maximum atomic E-state index is 12.9. The molecular weight excluding hydrogens is 346 g/mol. The van der Waals surface area contributed by atoms with Crippen molar-refractivity contribution in [1.82, 2.24) is 4.98 Å². The highest BCUT2D eigenvalue weighted by atomic mass is 32.2. The number of anilines is 2. The van der Waals surface area contributed by atoms with E-state index in [4.69, 9.17) is 0 Å². The van der Waals surface area contributed by atoms with Gasteiger partial charge >= 0.3 is 0 Å². The first-order valence-corrected chi connectivity index (χ1v) is 10.2. The number of hydrogen-bond acceptors (Lipinski definition) is 4. The first-order valence-electron chi connectivity index (χ1n) is 8.68. The number of benzene rings is 2. The van der Waals surface area contributed by atoms with Crippen LogP contribution in [0.1, 0.15) is 19.4 Å². The fraction of sp³-hybridized carbons (Fsp3) is 0.250. The molecule has 3 aromatic rings. The number of fused-ring (bicyclic) bond motifs is 1. The van der Waals surface area contributed by atoms with Gasteiger partial charge in [-0.05, 0) is 56.7 Å². The van der Waals surface area contributed by atoms with Crippen molar-refractivity contribution in [2.45, 2.75) is 25.7 Å². The highest BCUT2D eigenvalue weighted by Gasteiger charge is 2.19. The summed E-state index contributed by atoms with van der Waals surface area (Å²) in [7, 11) is -3.73. The van der Waals surface area contributed by atoms with E-state index < -0.39 is 10.0 Å². The van der Waals surface area contributed by atoms with Gasteiger partial charge in [-0.1, -0.05) is 18.2 Å². The summed E-state index contributed by atoms with van der Waals surface area (Å²) in [6.07, 6.45) is 1.60. The minimum absolute atomic E-state index is 0.183. The molecule has 0 spiro atoms. The molecule has 0 aliphatic carbocycles. The largest absolute Gasteiger partial charge is 0.372 e. The number of nitrogens with one attached hydrogen (secondary N) is 1. The molecule has 136 valence electrons. The van der Waals surface area contributed by atoms with Gasteiger partial charge in [0.25, 0.3) is 10.0 Å². The SMILES string of the molecule is CCN(CC)c1ccc(NS(=O)(=O)c2cccc3cccnc23)c(C)c1. The molecule has 1 heterocycles. The van der Waals surface area contributed by atoms with E-state index in [-0.39, 0.29) is 4.90 Å². The van der Waals surface area contributed by atoms with E-state index in [1.165, 1.54) is 0 Å². The Labute approximate surface area is 154 Å². The molecule has 26 heavy (non-hydrogen) atoms. The lowest BCUT2D eigenvalue weighted by Crippen LogP contribution is -2.22. The summed E-state index contributed by atoms with van der Waals surface area (Å²) in [5, 5.41) is 0.795. The summed E-state index contributed by atoms with van der Waals surface area (Å²) < 4.78 is 28.6. The molecule has 0 saturated heterocycles. The van der Waals surface area contributed by atoms with Gasteiger partial charge in [-0.25, -0.2) is 8.42 Å². The molecule has 0 atom stereocenters. The smallest absolute Gasteiger partial charge is 0.264 e. The van der Waals surface area contributed by atoms with E-state index >= 15 is 0 Å². The second-order valence-corrected chi connectivity index (χ2v) is 7.76. The van der Waals surface area contributed by atoms with Crippen molar-refractivity contribution in [3.63, 3.8) is 0 Å². The lowest BCUT2D eigenvalue weighted by Gasteiger charge is -2.22. The van der Waals surface area contributed by atoms with Gasteiger partial charge in [0, 0.05) is 30.4 Å². The molecule has 0 radical (unpaired) electrons. The van der Waals surface area contributed by atoms with Crippen LogP contribution in [-0.2, 0) is 10.0 Å². The number of rotatable bonds is 6. The number of para-hydroxylation sites is 1. The van der Waals surface area contributed by atoms with Crippen LogP contribution in [0.2, 0.25) is 0 Å². The summed E-state index contributed by atoms with van der Waals surface area (Å²) in [4.78, 5) is 6.65. The molecule has 1 N–H and O–H groups in total. The molecule has 1 aromatic heterocycles. The van der Waals surface area contributed by atoms with Gasteiger partial charge in [0.05, 0.1) is 11.2 Å². The Hall–Kier alpha value is -2.60. The summed E-state index contributed by atoms with van der Waals surface area (Å²) in [5.41, 5.74) is 3.02. The molecular formula is C20H23N3O2S. The van der Waals surface area contributed by atoms with Crippen molar-refractivity contribution >= 4 is 32.3 Å². The first-order chi connectivity index (χ1) is 12.5. The predicted molar refractivity (Wildman–Crippen MR) is 107 cm³/mol. The molecule has 0 saturated carbocycles. The van der Waals surface area contributed by atoms with E-state index in [1.807, 2.05) is 37.3 Å². The van der Waals surface area contributed by atoms with Gasteiger partial charge in [-0.3, -0.25) is 9.71 Å². The summed E-state index contributed by atoms with van der Waals surface area (Å²) >= 11 is 0. The third-order valence-corrected chi connectivity index (χ3v) is 5.87. The molecule has 6 heteroatoms. The van der Waals surface area contributed by atoms with E-state index in [9.17, 15) is 8.42 Å². The molecule has 2 aromatic carbocycles. The van der Waals surface area contributed by atoms with Crippen LogP contribution in [0.3, 0.4) is 0 Å². The zero-order valence-corrected chi connectivity index (χ0v) is 16.0. The van der Waals surface area contributed by atoms with Crippen LogP contribution in [0.5, 0.6) is 0 Å². The fourth-order valence-electron chi connectivity index (χ4n) is 3.04. The summed E-state index contributed by atoms with van der Waals surface area (Å²) in [5.74, 6) is 0. The Kier molecular flexibility index (Phi) is 5.13. The van der Waals surface area contributed by atoms with Crippen LogP contribution in [-0.4, -0.2) is 26.5 Å². The minimum atomic E-state index is -3.73. The van der Waals surface area contributed by atoms with Crippen LogP contribution in [0.25, 0.3) is 10.9 Å². The predicted octanol–water partition coefficient (Wildman–Crippen LogP) is 4.19. The zero-order valence-electron chi connectivity index (χ0n) is 15.2. The summed E-state index contributed by atoms with van der Waals surface area (Å²) in [6.45, 7) is 7.92. The number of sulfonamides is 1. The highest BCUT2D eigenvalue weighted by Crippen LogP contribution is 2.27. The van der Waals surface area contributed by atoms with Crippen molar-refractivity contribution in [3.8, 4) is 0 Å². The van der Waals surface area contributed by atoms with Crippen LogP contribution < -0.4 is 9.62 Å². The Balaban J connectivity index is 1.97. The summed E-state index contributed by atoms with van der Waals surface area (Å²) in [6, 6.07) is 14.6. The van der Waals surface area contributed by atoms with Crippen molar-refractivity contribution in [3.05, 3.63) is 60.3 Å². The van der Waals surface area contributed by atoms with E-state index in [0.717, 1.165) is 29.7 Å². The molecule has 3 rings (SSSR count). The fourth-order valence-corrected chi connectivity index (χ4v) is 4.35. The molecule has 0 fully saturated rings. The minimum Gasteiger partial charge on any atom is -0.372 e. The lowest BCUT2D eigenvalue weighted by atomic mass is 10.1. The van der Waals surface area contributed by atoms with E-state index in [2.05, 4.69) is 28.5 Å². The van der Waals surface area contributed by atoms with Gasteiger partial charge < -0.3 is 4.90 Å². The number of aromatic nitrogens is 1. The molecule has 0 aliphatic heterocycles. The Morgan fingerprint density at radius 3 is 2.46 bits per heavy atom. The second kappa shape index (κ2) is 7.33. The van der Waals surface area contributed by atoms with Crippen molar-refractivity contribution < 1.29 is 8.42 Å². The zero-order chi connectivity index (χ0) is 18.7. The monoisotopic (exact) mass is 369 g/mol. The number of hydrogen-bond donors (Lipinski definition) is 1. The topological polar surface area (TPSA) is 62.3 Å². The lowest BCUT2D eigenvalue weighted by molar-refractivity contribution is 0.602. The second-order valence-electron chi connectivity index (χ2n) is 6.11. The standard InChI is InChI=1S/C20H23N3O2S/c1-4-23(5-2)17-11-12-18(15(3)14-17)22-26(24,25)19-10-6-8-16-9-7-13-21-20(16)19/h6-14,22H,4-5H2,1-3H3. The molecule has 0 aliphatic rings. The van der Waals surface area contributed by atoms with Gasteiger partial charge in [0.1, 0.15) is 4.90 Å². The molecule has 0 amide bonds. The molecule has 5 nitrogen and oxygen atoms in total. The van der Waals surface area contributed by atoms with Gasteiger partial charge in [-0.2, -0.15) is 0 Å². The van der Waals surface area contributed by atoms with Gasteiger partial charge in [0.2, 0.25) is 0 Å². The van der Waals surface area contributed by atoms with Gasteiger partial charge in [0.15, 0.2) is 0 Å².